The highest BCUT2D eigenvalue weighted by atomic mass is 16.1. The van der Waals surface area contributed by atoms with Crippen molar-refractivity contribution in [3.63, 3.8) is 0 Å². The molecule has 0 aliphatic rings. The van der Waals surface area contributed by atoms with Crippen LogP contribution in [0.2, 0.25) is 0 Å². The van der Waals surface area contributed by atoms with Crippen LogP contribution in [0.3, 0.4) is 0 Å². The van der Waals surface area contributed by atoms with E-state index in [2.05, 4.69) is 27.4 Å². The third-order valence-electron chi connectivity index (χ3n) is 4.76. The predicted molar refractivity (Wildman–Crippen MR) is 99.6 cm³/mol. The van der Waals surface area contributed by atoms with Crippen LogP contribution in [0, 0.1) is 11.8 Å². The van der Waals surface area contributed by atoms with E-state index in [1.54, 1.807) is 0 Å². The average Bonchev–Trinajstić information content (AvgIpc) is 2.54. The Labute approximate surface area is 144 Å². The minimum absolute atomic E-state index is 0.157. The second kappa shape index (κ2) is 14.7. The highest BCUT2D eigenvalue weighted by Gasteiger charge is 2.12. The first-order valence-electron chi connectivity index (χ1n) is 9.69. The maximum absolute atomic E-state index is 12.1. The van der Waals surface area contributed by atoms with Gasteiger partial charge in [-0.3, -0.25) is 9.59 Å². The highest BCUT2D eigenvalue weighted by Crippen LogP contribution is 2.19. The second-order valence-corrected chi connectivity index (χ2v) is 7.13. The zero-order chi connectivity index (χ0) is 17.5. The molecule has 0 saturated carbocycles. The zero-order valence-electron chi connectivity index (χ0n) is 15.7. The van der Waals surface area contributed by atoms with Crippen molar-refractivity contribution in [1.29, 1.82) is 0 Å². The van der Waals surface area contributed by atoms with Crippen molar-refractivity contribution in [2.75, 3.05) is 0 Å². The molecule has 0 radical (unpaired) electrons. The van der Waals surface area contributed by atoms with E-state index >= 15 is 0 Å². The molecule has 2 unspecified atom stereocenters. The molecule has 0 aromatic rings. The summed E-state index contributed by atoms with van der Waals surface area (Å²) in [5.41, 5.74) is 0. The molecule has 0 bridgehead atoms. The number of unbranched alkanes of at least 4 members (excludes halogenated alkanes) is 4. The Morgan fingerprint density at radius 3 is 2.17 bits per heavy atom. The topological polar surface area (TPSA) is 34.1 Å². The fourth-order valence-electron chi connectivity index (χ4n) is 2.95. The van der Waals surface area contributed by atoms with Crippen molar-refractivity contribution >= 4 is 11.6 Å². The van der Waals surface area contributed by atoms with E-state index in [0.717, 1.165) is 38.5 Å². The average molecular weight is 323 g/mol. The van der Waals surface area contributed by atoms with Crippen LogP contribution in [0.4, 0.5) is 0 Å². The normalized spacial score (nSPS) is 13.5. The van der Waals surface area contributed by atoms with Gasteiger partial charge in [0.05, 0.1) is 0 Å². The van der Waals surface area contributed by atoms with Crippen LogP contribution in [0.5, 0.6) is 0 Å². The van der Waals surface area contributed by atoms with Gasteiger partial charge in [0, 0.05) is 18.8 Å². The Bertz CT molecular complexity index is 333. The molecule has 0 fully saturated rings. The maximum Gasteiger partial charge on any atom is 0.155 e. The summed E-state index contributed by atoms with van der Waals surface area (Å²) >= 11 is 0. The molecule has 0 aliphatic heterocycles. The first-order chi connectivity index (χ1) is 11.0. The van der Waals surface area contributed by atoms with Crippen LogP contribution in [-0.4, -0.2) is 11.6 Å². The summed E-state index contributed by atoms with van der Waals surface area (Å²) in [6.07, 6.45) is 14.2. The SMILES string of the molecule is C=CC(=O)CCCCCC(C)CCCC(=O)C(C)CCCCC. The Balaban J connectivity index is 3.57. The van der Waals surface area contributed by atoms with Crippen LogP contribution < -0.4 is 0 Å². The molecule has 134 valence electrons. The molecular formula is C21H38O2. The van der Waals surface area contributed by atoms with E-state index in [1.807, 2.05) is 0 Å². The van der Waals surface area contributed by atoms with E-state index in [1.165, 1.54) is 38.2 Å². The molecule has 0 N–H and O–H groups in total. The lowest BCUT2D eigenvalue weighted by molar-refractivity contribution is -0.122. The molecule has 0 aromatic carbocycles. The summed E-state index contributed by atoms with van der Waals surface area (Å²) in [5, 5.41) is 0. The second-order valence-electron chi connectivity index (χ2n) is 7.13. The van der Waals surface area contributed by atoms with Crippen LogP contribution >= 0.6 is 0 Å². The lowest BCUT2D eigenvalue weighted by atomic mass is 9.92. The number of allylic oxidation sites excluding steroid dienone is 1. The molecule has 0 amide bonds. The third kappa shape index (κ3) is 13.2. The monoisotopic (exact) mass is 322 g/mol. The van der Waals surface area contributed by atoms with Gasteiger partial charge in [-0.25, -0.2) is 0 Å². The van der Waals surface area contributed by atoms with Gasteiger partial charge in [-0.05, 0) is 31.3 Å². The van der Waals surface area contributed by atoms with Gasteiger partial charge in [0.2, 0.25) is 0 Å². The van der Waals surface area contributed by atoms with Gasteiger partial charge in [-0.15, -0.1) is 0 Å². The van der Waals surface area contributed by atoms with Crippen molar-refractivity contribution in [3.8, 4) is 0 Å². The molecule has 0 rings (SSSR count). The maximum atomic E-state index is 12.1. The van der Waals surface area contributed by atoms with Gasteiger partial charge >= 0.3 is 0 Å². The summed E-state index contributed by atoms with van der Waals surface area (Å²) in [6, 6.07) is 0. The van der Waals surface area contributed by atoms with Crippen LogP contribution in [0.1, 0.15) is 97.8 Å². The number of hydrogen-bond donors (Lipinski definition) is 0. The van der Waals surface area contributed by atoms with Gasteiger partial charge < -0.3 is 0 Å². The van der Waals surface area contributed by atoms with Crippen LogP contribution in [0.25, 0.3) is 0 Å². The Morgan fingerprint density at radius 1 is 0.870 bits per heavy atom. The summed E-state index contributed by atoms with van der Waals surface area (Å²) in [7, 11) is 0. The zero-order valence-corrected chi connectivity index (χ0v) is 15.7. The molecule has 0 aromatic heterocycles. The van der Waals surface area contributed by atoms with Gasteiger partial charge in [0.25, 0.3) is 0 Å². The van der Waals surface area contributed by atoms with E-state index in [4.69, 9.17) is 0 Å². The van der Waals surface area contributed by atoms with Crippen molar-refractivity contribution in [2.45, 2.75) is 97.8 Å². The Hall–Kier alpha value is -0.920. The Morgan fingerprint density at radius 2 is 1.52 bits per heavy atom. The molecule has 0 saturated heterocycles. The predicted octanol–water partition coefficient (Wildman–Crippen LogP) is 6.28. The molecule has 2 nitrogen and oxygen atoms in total. The van der Waals surface area contributed by atoms with Gasteiger partial charge in [-0.2, -0.15) is 0 Å². The largest absolute Gasteiger partial charge is 0.299 e. The summed E-state index contributed by atoms with van der Waals surface area (Å²) in [5.74, 6) is 1.55. The number of carbonyl (C=O) groups excluding carboxylic acids is 2. The minimum Gasteiger partial charge on any atom is -0.299 e. The molecule has 2 atom stereocenters. The number of rotatable bonds is 16. The minimum atomic E-state index is 0.157. The molecule has 0 aliphatic carbocycles. The smallest absolute Gasteiger partial charge is 0.155 e. The fraction of sp³-hybridized carbons (Fsp3) is 0.810. The summed E-state index contributed by atoms with van der Waals surface area (Å²) < 4.78 is 0. The standard InChI is InChI=1S/C21H38O2/c1-5-7-9-15-19(4)21(23)17-12-14-18(3)13-10-8-11-16-20(22)6-2/h6,18-19H,2,5,7-17H2,1,3-4H3. The first kappa shape index (κ1) is 22.1. The van der Waals surface area contributed by atoms with Crippen molar-refractivity contribution in [2.24, 2.45) is 11.8 Å². The number of hydrogen-bond acceptors (Lipinski definition) is 2. The third-order valence-corrected chi connectivity index (χ3v) is 4.76. The van der Waals surface area contributed by atoms with E-state index in [9.17, 15) is 9.59 Å². The molecule has 0 heterocycles. The molecule has 2 heteroatoms. The fourth-order valence-corrected chi connectivity index (χ4v) is 2.95. The van der Waals surface area contributed by atoms with Crippen LogP contribution in [0.15, 0.2) is 12.7 Å². The molecule has 23 heavy (non-hydrogen) atoms. The van der Waals surface area contributed by atoms with Gasteiger partial charge in [0.15, 0.2) is 5.78 Å². The highest BCUT2D eigenvalue weighted by molar-refractivity contribution is 5.88. The van der Waals surface area contributed by atoms with Crippen molar-refractivity contribution < 1.29 is 9.59 Å². The number of Topliss-reactive ketones (excluding diaryl/α,β-unsaturated/α-hetero) is 1. The molecule has 0 spiro atoms. The van der Waals surface area contributed by atoms with Crippen LogP contribution in [-0.2, 0) is 9.59 Å². The summed E-state index contributed by atoms with van der Waals surface area (Å²) in [6.45, 7) is 10.1. The lowest BCUT2D eigenvalue weighted by Gasteiger charge is -2.13. The summed E-state index contributed by atoms with van der Waals surface area (Å²) in [4.78, 5) is 23.2. The lowest BCUT2D eigenvalue weighted by Crippen LogP contribution is -2.11. The number of carbonyl (C=O) groups is 2. The van der Waals surface area contributed by atoms with Gasteiger partial charge in [-0.1, -0.05) is 72.3 Å². The quantitative estimate of drug-likeness (QED) is 0.247. The number of ketones is 2. The Kier molecular flexibility index (Phi) is 14.1. The van der Waals surface area contributed by atoms with E-state index in [0.29, 0.717) is 18.1 Å². The van der Waals surface area contributed by atoms with Crippen molar-refractivity contribution in [3.05, 3.63) is 12.7 Å². The van der Waals surface area contributed by atoms with Gasteiger partial charge in [0.1, 0.15) is 5.78 Å². The van der Waals surface area contributed by atoms with Crippen molar-refractivity contribution in [1.82, 2.24) is 0 Å². The first-order valence-corrected chi connectivity index (χ1v) is 9.69. The molecular weight excluding hydrogens is 284 g/mol. The van der Waals surface area contributed by atoms with E-state index in [-0.39, 0.29) is 11.7 Å². The van der Waals surface area contributed by atoms with E-state index < -0.39 is 0 Å².